The molecule has 136 valence electrons. The number of rotatable bonds is 6. The average molecular weight is 341 g/mol. The standard InChI is InChI=1S/C23H32O2/c1-7-20(25-21(24)18-11-9-8-10-12-18)22(3,4)16-15-19-14-13-17(2)23(19,5)6/h8-13,15-16,19-20H,7,14H2,1-6H3/b16-15+/t19-,20-/m1/s1. The van der Waals surface area contributed by atoms with Crippen molar-refractivity contribution in [2.45, 2.75) is 60.5 Å². The fourth-order valence-electron chi connectivity index (χ4n) is 3.48. The molecule has 0 aromatic heterocycles. The van der Waals surface area contributed by atoms with Gasteiger partial charge >= 0.3 is 5.97 Å². The number of hydrogen-bond acceptors (Lipinski definition) is 2. The van der Waals surface area contributed by atoms with E-state index in [4.69, 9.17) is 4.74 Å². The maximum absolute atomic E-state index is 12.4. The molecule has 2 nitrogen and oxygen atoms in total. The maximum Gasteiger partial charge on any atom is 0.338 e. The highest BCUT2D eigenvalue weighted by Crippen LogP contribution is 2.44. The van der Waals surface area contributed by atoms with Crippen LogP contribution in [0.2, 0.25) is 0 Å². The summed E-state index contributed by atoms with van der Waals surface area (Å²) in [5.74, 6) is 0.265. The summed E-state index contributed by atoms with van der Waals surface area (Å²) in [6.07, 6.45) is 8.65. The molecule has 2 atom stereocenters. The van der Waals surface area contributed by atoms with E-state index in [1.165, 1.54) is 5.57 Å². The third-order valence-electron chi connectivity index (χ3n) is 5.84. The van der Waals surface area contributed by atoms with Crippen LogP contribution in [-0.2, 0) is 4.74 Å². The zero-order chi connectivity index (χ0) is 18.7. The Bertz CT molecular complexity index is 650. The molecule has 0 unspecified atom stereocenters. The molecule has 0 aliphatic heterocycles. The van der Waals surface area contributed by atoms with Gasteiger partial charge in [0.1, 0.15) is 6.10 Å². The van der Waals surface area contributed by atoms with Crippen LogP contribution in [0, 0.1) is 16.7 Å². The van der Waals surface area contributed by atoms with Crippen LogP contribution >= 0.6 is 0 Å². The topological polar surface area (TPSA) is 26.3 Å². The van der Waals surface area contributed by atoms with Gasteiger partial charge in [-0.1, -0.05) is 76.6 Å². The second-order valence-corrected chi connectivity index (χ2v) is 8.30. The van der Waals surface area contributed by atoms with E-state index in [0.29, 0.717) is 11.5 Å². The summed E-state index contributed by atoms with van der Waals surface area (Å²) in [5.41, 5.74) is 2.07. The summed E-state index contributed by atoms with van der Waals surface area (Å²) < 4.78 is 5.84. The molecule has 0 bridgehead atoms. The normalized spacial score (nSPS) is 21.2. The highest BCUT2D eigenvalue weighted by molar-refractivity contribution is 5.89. The molecule has 0 fully saturated rings. The minimum atomic E-state index is -0.243. The molecular weight excluding hydrogens is 308 g/mol. The first-order chi connectivity index (χ1) is 11.7. The third kappa shape index (κ3) is 4.42. The first kappa shape index (κ1) is 19.5. The highest BCUT2D eigenvalue weighted by atomic mass is 16.5. The smallest absolute Gasteiger partial charge is 0.338 e. The van der Waals surface area contributed by atoms with Crippen molar-refractivity contribution in [3.63, 3.8) is 0 Å². The minimum absolute atomic E-state index is 0.143. The highest BCUT2D eigenvalue weighted by Gasteiger charge is 2.35. The Hall–Kier alpha value is -1.83. The Morgan fingerprint density at radius 1 is 1.32 bits per heavy atom. The fourth-order valence-corrected chi connectivity index (χ4v) is 3.48. The van der Waals surface area contributed by atoms with Gasteiger partial charge in [-0.2, -0.15) is 0 Å². The SMILES string of the molecule is CC[C@@H](OC(=O)c1ccccc1)C(C)(C)/C=C/[C@H]1CC=C(C)C1(C)C. The van der Waals surface area contributed by atoms with Gasteiger partial charge in [-0.15, -0.1) is 0 Å². The van der Waals surface area contributed by atoms with Gasteiger partial charge in [-0.05, 0) is 43.2 Å². The van der Waals surface area contributed by atoms with Crippen LogP contribution in [0.25, 0.3) is 0 Å². The monoisotopic (exact) mass is 340 g/mol. The van der Waals surface area contributed by atoms with Crippen LogP contribution in [-0.4, -0.2) is 12.1 Å². The van der Waals surface area contributed by atoms with E-state index in [2.05, 4.69) is 59.8 Å². The molecule has 1 aliphatic carbocycles. The lowest BCUT2D eigenvalue weighted by Gasteiger charge is -2.32. The Morgan fingerprint density at radius 3 is 2.48 bits per heavy atom. The van der Waals surface area contributed by atoms with E-state index in [9.17, 15) is 4.79 Å². The second kappa shape index (κ2) is 7.59. The first-order valence-electron chi connectivity index (χ1n) is 9.31. The first-order valence-corrected chi connectivity index (χ1v) is 9.31. The molecule has 0 spiro atoms. The number of esters is 1. The van der Waals surface area contributed by atoms with Crippen LogP contribution < -0.4 is 0 Å². The van der Waals surface area contributed by atoms with E-state index in [1.54, 1.807) is 12.1 Å². The fraction of sp³-hybridized carbons (Fsp3) is 0.522. The van der Waals surface area contributed by atoms with Gasteiger partial charge in [0.15, 0.2) is 0 Å². The largest absolute Gasteiger partial charge is 0.458 e. The van der Waals surface area contributed by atoms with Crippen LogP contribution in [0.3, 0.4) is 0 Å². The molecule has 0 saturated carbocycles. The van der Waals surface area contributed by atoms with Gasteiger partial charge in [0.05, 0.1) is 5.56 Å². The van der Waals surface area contributed by atoms with Crippen molar-refractivity contribution in [2.75, 3.05) is 0 Å². The van der Waals surface area contributed by atoms with Crippen molar-refractivity contribution < 1.29 is 9.53 Å². The molecule has 0 radical (unpaired) electrons. The summed E-state index contributed by atoms with van der Waals surface area (Å²) in [6, 6.07) is 9.22. The maximum atomic E-state index is 12.4. The second-order valence-electron chi connectivity index (χ2n) is 8.30. The molecule has 25 heavy (non-hydrogen) atoms. The lowest BCUT2D eigenvalue weighted by molar-refractivity contribution is 0.00309. The molecule has 2 rings (SSSR count). The van der Waals surface area contributed by atoms with Crippen molar-refractivity contribution in [3.8, 4) is 0 Å². The van der Waals surface area contributed by atoms with E-state index in [1.807, 2.05) is 18.2 Å². The Balaban J connectivity index is 2.08. The van der Waals surface area contributed by atoms with E-state index in [0.717, 1.165) is 12.8 Å². The molecule has 1 aliphatic rings. The summed E-state index contributed by atoms with van der Waals surface area (Å²) in [4.78, 5) is 12.4. The van der Waals surface area contributed by atoms with Gasteiger partial charge in [-0.3, -0.25) is 0 Å². The third-order valence-corrected chi connectivity index (χ3v) is 5.84. The van der Waals surface area contributed by atoms with Crippen molar-refractivity contribution >= 4 is 5.97 Å². The predicted molar refractivity (Wildman–Crippen MR) is 105 cm³/mol. The van der Waals surface area contributed by atoms with E-state index in [-0.39, 0.29) is 22.9 Å². The van der Waals surface area contributed by atoms with Crippen LogP contribution in [0.1, 0.15) is 64.7 Å². The van der Waals surface area contributed by atoms with Crippen LogP contribution in [0.15, 0.2) is 54.1 Å². The number of carbonyl (C=O) groups is 1. The number of ether oxygens (including phenoxy) is 1. The number of allylic oxidation sites excluding steroid dienone is 3. The van der Waals surface area contributed by atoms with Crippen molar-refractivity contribution in [1.29, 1.82) is 0 Å². The zero-order valence-corrected chi connectivity index (χ0v) is 16.5. The number of benzene rings is 1. The number of hydrogen-bond donors (Lipinski definition) is 0. The average Bonchev–Trinajstić information content (AvgIpc) is 2.84. The Morgan fingerprint density at radius 2 is 1.96 bits per heavy atom. The van der Waals surface area contributed by atoms with Gasteiger partial charge in [-0.25, -0.2) is 4.79 Å². The van der Waals surface area contributed by atoms with Crippen molar-refractivity contribution in [3.05, 3.63) is 59.7 Å². The molecule has 2 heteroatoms. The molecular formula is C23H32O2. The van der Waals surface area contributed by atoms with E-state index >= 15 is 0 Å². The lowest BCUT2D eigenvalue weighted by atomic mass is 9.75. The molecule has 1 aromatic carbocycles. The zero-order valence-electron chi connectivity index (χ0n) is 16.5. The van der Waals surface area contributed by atoms with E-state index < -0.39 is 0 Å². The van der Waals surface area contributed by atoms with Crippen LogP contribution in [0.5, 0.6) is 0 Å². The van der Waals surface area contributed by atoms with Gasteiger partial charge in [0, 0.05) is 5.41 Å². The van der Waals surface area contributed by atoms with Crippen LogP contribution in [0.4, 0.5) is 0 Å². The summed E-state index contributed by atoms with van der Waals surface area (Å²) >= 11 is 0. The molecule has 0 heterocycles. The summed E-state index contributed by atoms with van der Waals surface area (Å²) in [5, 5.41) is 0. The van der Waals surface area contributed by atoms with Gasteiger partial charge in [0.25, 0.3) is 0 Å². The summed E-state index contributed by atoms with van der Waals surface area (Å²) in [6.45, 7) is 13.2. The molecule has 1 aromatic rings. The molecule has 0 N–H and O–H groups in total. The summed E-state index contributed by atoms with van der Waals surface area (Å²) in [7, 11) is 0. The number of carbonyl (C=O) groups excluding carboxylic acids is 1. The van der Waals surface area contributed by atoms with Crippen molar-refractivity contribution in [1.82, 2.24) is 0 Å². The molecule has 0 amide bonds. The predicted octanol–water partition coefficient (Wildman–Crippen LogP) is 6.20. The Kier molecular flexibility index (Phi) is 5.92. The molecule has 0 saturated heterocycles. The minimum Gasteiger partial charge on any atom is -0.458 e. The Labute approximate surface area is 153 Å². The quantitative estimate of drug-likeness (QED) is 0.455. The van der Waals surface area contributed by atoms with Crippen molar-refractivity contribution in [2.24, 2.45) is 16.7 Å². The van der Waals surface area contributed by atoms with Gasteiger partial charge in [0.2, 0.25) is 0 Å². The lowest BCUT2D eigenvalue weighted by Crippen LogP contribution is -2.32. The van der Waals surface area contributed by atoms with Gasteiger partial charge < -0.3 is 4.74 Å².